The van der Waals surface area contributed by atoms with Gasteiger partial charge in [0.1, 0.15) is 5.78 Å². The third-order valence-electron chi connectivity index (χ3n) is 13.0. The van der Waals surface area contributed by atoms with Gasteiger partial charge in [0, 0.05) is 42.2 Å². The van der Waals surface area contributed by atoms with E-state index in [1.54, 1.807) is 6.92 Å². The van der Waals surface area contributed by atoms with Gasteiger partial charge in [-0.15, -0.1) is 0 Å². The molecule has 0 spiro atoms. The van der Waals surface area contributed by atoms with Gasteiger partial charge in [0.2, 0.25) is 0 Å². The van der Waals surface area contributed by atoms with Crippen molar-refractivity contribution in [2.45, 2.75) is 190 Å². The Morgan fingerprint density at radius 3 is 1.33 bits per heavy atom. The molecule has 1 aliphatic heterocycles. The summed E-state index contributed by atoms with van der Waals surface area (Å²) in [5.74, 6) is 2.05. The molecule has 4 N–H and O–H groups in total. The number of fused-ring (bicyclic) bond motifs is 1. The summed E-state index contributed by atoms with van der Waals surface area (Å²) in [4.78, 5) is 12.3. The van der Waals surface area contributed by atoms with Crippen molar-refractivity contribution in [3.05, 3.63) is 0 Å². The highest BCUT2D eigenvalue weighted by molar-refractivity contribution is 5.78. The number of carbonyl (C=O) groups is 1. The van der Waals surface area contributed by atoms with E-state index in [0.29, 0.717) is 72.4 Å². The van der Waals surface area contributed by atoms with Gasteiger partial charge in [0.05, 0.1) is 24.4 Å². The zero-order chi connectivity index (χ0) is 29.8. The second-order valence-electron chi connectivity index (χ2n) is 15.6. The molecule has 0 aromatic carbocycles. The van der Waals surface area contributed by atoms with E-state index in [9.17, 15) is 4.79 Å². The highest BCUT2D eigenvalue weighted by Gasteiger charge is 2.46. The number of ether oxygens (including phenoxy) is 2. The van der Waals surface area contributed by atoms with Gasteiger partial charge in [-0.1, -0.05) is 0 Å². The number of nitrogens with one attached hydrogen (secondary N) is 4. The molecule has 43 heavy (non-hydrogen) atoms. The van der Waals surface area contributed by atoms with Crippen LogP contribution in [0.3, 0.4) is 0 Å². The van der Waals surface area contributed by atoms with Crippen molar-refractivity contribution >= 4 is 5.78 Å². The van der Waals surface area contributed by atoms with Crippen molar-refractivity contribution < 1.29 is 14.3 Å². The van der Waals surface area contributed by atoms with Crippen LogP contribution in [0.25, 0.3) is 0 Å². The molecule has 5 unspecified atom stereocenters. The topological polar surface area (TPSA) is 83.7 Å². The van der Waals surface area contributed by atoms with Crippen molar-refractivity contribution in [1.82, 2.24) is 21.3 Å². The quantitative estimate of drug-likeness (QED) is 0.288. The summed E-state index contributed by atoms with van der Waals surface area (Å²) < 4.78 is 13.4. The first-order valence-electron chi connectivity index (χ1n) is 18.7. The zero-order valence-electron chi connectivity index (χ0n) is 27.7. The molecule has 0 aromatic heterocycles. The Morgan fingerprint density at radius 2 is 0.930 bits per heavy atom. The molecule has 246 valence electrons. The van der Waals surface area contributed by atoms with Crippen molar-refractivity contribution in [3.8, 4) is 0 Å². The number of ketones is 1. The van der Waals surface area contributed by atoms with E-state index in [4.69, 9.17) is 9.47 Å². The molecule has 0 amide bonds. The lowest BCUT2D eigenvalue weighted by molar-refractivity contribution is -0.122. The minimum absolute atomic E-state index is 0.241. The molecule has 1 heterocycles. The standard InChI is InChI=1S/C36H64N4O3/c1-23(41)26-8-21-33-34(22-26)40-36(25-6-15-30(16-7-25)43-32-19-11-28(38-3)12-20-32)35(39-33)24-4-13-29(14-5-24)42-31-17-9-27(37-2)10-18-31/h24-40H,4-22H2,1-3H3. The molecular weight excluding hydrogens is 536 g/mol. The molecule has 7 heteroatoms. The number of rotatable bonds is 9. The Labute approximate surface area is 262 Å². The Balaban J connectivity index is 1.04. The molecule has 5 aliphatic carbocycles. The maximum atomic E-state index is 12.3. The van der Waals surface area contributed by atoms with Crippen molar-refractivity contribution in [2.24, 2.45) is 17.8 Å². The molecule has 5 atom stereocenters. The highest BCUT2D eigenvalue weighted by Crippen LogP contribution is 2.41. The normalized spacial score (nSPS) is 46.2. The molecule has 6 aliphatic rings. The number of Topliss-reactive ketones (excluding diaryl/α,β-unsaturated/α-hetero) is 1. The van der Waals surface area contributed by atoms with Crippen LogP contribution in [0.4, 0.5) is 0 Å². The highest BCUT2D eigenvalue weighted by atomic mass is 16.5. The van der Waals surface area contributed by atoms with Gasteiger partial charge in [0.15, 0.2) is 0 Å². The van der Waals surface area contributed by atoms with Gasteiger partial charge >= 0.3 is 0 Å². The summed E-state index contributed by atoms with van der Waals surface area (Å²) in [7, 11) is 4.20. The van der Waals surface area contributed by atoms with Crippen LogP contribution in [0.2, 0.25) is 0 Å². The third-order valence-corrected chi connectivity index (χ3v) is 13.0. The predicted octanol–water partition coefficient (Wildman–Crippen LogP) is 5.25. The first kappa shape index (κ1) is 32.4. The van der Waals surface area contributed by atoms with E-state index in [1.165, 1.54) is 103 Å². The maximum Gasteiger partial charge on any atom is 0.132 e. The first-order chi connectivity index (χ1) is 21.0. The minimum Gasteiger partial charge on any atom is -0.375 e. The molecule has 0 bridgehead atoms. The van der Waals surface area contributed by atoms with Crippen LogP contribution in [-0.4, -0.2) is 80.5 Å². The molecule has 1 saturated heterocycles. The fourth-order valence-corrected chi connectivity index (χ4v) is 10.2. The monoisotopic (exact) mass is 600 g/mol. The number of hydrogen-bond donors (Lipinski definition) is 4. The lowest BCUT2D eigenvalue weighted by Crippen LogP contribution is -2.71. The van der Waals surface area contributed by atoms with Crippen LogP contribution >= 0.6 is 0 Å². The van der Waals surface area contributed by atoms with Crippen molar-refractivity contribution in [2.75, 3.05) is 14.1 Å². The third kappa shape index (κ3) is 8.24. The average Bonchev–Trinajstić information content (AvgIpc) is 3.05. The predicted molar refractivity (Wildman–Crippen MR) is 173 cm³/mol. The molecule has 0 radical (unpaired) electrons. The lowest BCUT2D eigenvalue weighted by Gasteiger charge is -2.53. The Hall–Kier alpha value is -0.570. The first-order valence-corrected chi connectivity index (χ1v) is 18.7. The smallest absolute Gasteiger partial charge is 0.132 e. The maximum absolute atomic E-state index is 12.3. The summed E-state index contributed by atoms with van der Waals surface area (Å²) in [5, 5.41) is 15.4. The van der Waals surface area contributed by atoms with Crippen LogP contribution in [0.15, 0.2) is 0 Å². The second-order valence-corrected chi connectivity index (χ2v) is 15.6. The Kier molecular flexibility index (Phi) is 11.6. The largest absolute Gasteiger partial charge is 0.375 e. The number of piperazine rings is 1. The van der Waals surface area contributed by atoms with Gasteiger partial charge in [0.25, 0.3) is 0 Å². The molecule has 6 fully saturated rings. The average molecular weight is 601 g/mol. The van der Waals surface area contributed by atoms with Gasteiger partial charge in [-0.25, -0.2) is 0 Å². The summed E-state index contributed by atoms with van der Waals surface area (Å²) >= 11 is 0. The molecular formula is C36H64N4O3. The number of carbonyl (C=O) groups excluding carboxylic acids is 1. The zero-order valence-corrected chi connectivity index (χ0v) is 27.7. The van der Waals surface area contributed by atoms with Gasteiger partial charge in [-0.2, -0.15) is 0 Å². The van der Waals surface area contributed by atoms with E-state index in [-0.39, 0.29) is 5.92 Å². The summed E-state index contributed by atoms with van der Waals surface area (Å²) in [6.07, 6.45) is 24.9. The summed E-state index contributed by atoms with van der Waals surface area (Å²) in [6.45, 7) is 1.81. The van der Waals surface area contributed by atoms with Crippen LogP contribution in [0.1, 0.15) is 129 Å². The summed E-state index contributed by atoms with van der Waals surface area (Å²) in [6, 6.07) is 3.38. The number of hydrogen-bond acceptors (Lipinski definition) is 7. The van der Waals surface area contributed by atoms with E-state index in [0.717, 1.165) is 25.2 Å². The van der Waals surface area contributed by atoms with Crippen LogP contribution < -0.4 is 21.3 Å². The van der Waals surface area contributed by atoms with Crippen molar-refractivity contribution in [3.63, 3.8) is 0 Å². The van der Waals surface area contributed by atoms with E-state index in [1.807, 2.05) is 0 Å². The van der Waals surface area contributed by atoms with E-state index in [2.05, 4.69) is 35.4 Å². The van der Waals surface area contributed by atoms with Crippen LogP contribution in [0, 0.1) is 17.8 Å². The van der Waals surface area contributed by atoms with Crippen LogP contribution in [-0.2, 0) is 14.3 Å². The van der Waals surface area contributed by atoms with Gasteiger partial charge in [-0.3, -0.25) is 4.79 Å². The summed E-state index contributed by atoms with van der Waals surface area (Å²) in [5.41, 5.74) is 0. The SMILES string of the molecule is CNC1CCC(OC2CCC(C3NC4CCC(C(C)=O)CC4NC3C3CCC(OC4CCC(NC)CC4)CC3)CC2)CC1. The molecule has 0 aromatic rings. The molecule has 5 saturated carbocycles. The fourth-order valence-electron chi connectivity index (χ4n) is 10.2. The van der Waals surface area contributed by atoms with E-state index >= 15 is 0 Å². The van der Waals surface area contributed by atoms with E-state index < -0.39 is 0 Å². The second kappa shape index (κ2) is 15.3. The minimum atomic E-state index is 0.241. The van der Waals surface area contributed by atoms with Crippen LogP contribution in [0.5, 0.6) is 0 Å². The Morgan fingerprint density at radius 1 is 0.535 bits per heavy atom. The fraction of sp³-hybridized carbons (Fsp3) is 0.972. The van der Waals surface area contributed by atoms with Gasteiger partial charge < -0.3 is 30.7 Å². The molecule has 7 nitrogen and oxygen atoms in total. The molecule has 6 rings (SSSR count). The van der Waals surface area contributed by atoms with Gasteiger partial charge in [-0.05, 0) is 155 Å². The lowest BCUT2D eigenvalue weighted by atomic mass is 9.69. The van der Waals surface area contributed by atoms with Crippen molar-refractivity contribution in [1.29, 1.82) is 0 Å². The Bertz CT molecular complexity index is 857.